The van der Waals surface area contributed by atoms with E-state index in [9.17, 15) is 4.79 Å². The summed E-state index contributed by atoms with van der Waals surface area (Å²) in [7, 11) is 0. The van der Waals surface area contributed by atoms with Crippen molar-refractivity contribution in [1.29, 1.82) is 0 Å². The standard InChI is InChI=1S/C8H15O3/c1-2-3-4-5-10-6-7-11-8-9/h2-7H2,1H3. The summed E-state index contributed by atoms with van der Waals surface area (Å²) in [5, 5.41) is 0. The zero-order chi connectivity index (χ0) is 8.36. The third-order valence-electron chi connectivity index (χ3n) is 1.28. The molecule has 0 spiro atoms. The predicted octanol–water partition coefficient (Wildman–Crippen LogP) is 1.28. The fourth-order valence-electron chi connectivity index (χ4n) is 0.698. The Bertz CT molecular complexity index is 83.4. The van der Waals surface area contributed by atoms with Gasteiger partial charge in [-0.3, -0.25) is 0 Å². The molecule has 0 atom stereocenters. The van der Waals surface area contributed by atoms with Crippen LogP contribution in [-0.2, 0) is 14.3 Å². The van der Waals surface area contributed by atoms with Gasteiger partial charge in [-0.15, -0.1) is 0 Å². The van der Waals surface area contributed by atoms with E-state index in [1.54, 1.807) is 0 Å². The maximum atomic E-state index is 9.54. The van der Waals surface area contributed by atoms with Gasteiger partial charge in [-0.05, 0) is 6.42 Å². The highest BCUT2D eigenvalue weighted by Crippen LogP contribution is 1.93. The third-order valence-corrected chi connectivity index (χ3v) is 1.28. The van der Waals surface area contributed by atoms with Crippen LogP contribution in [0.2, 0.25) is 0 Å². The smallest absolute Gasteiger partial charge is 0.417 e. The predicted molar refractivity (Wildman–Crippen MR) is 42.0 cm³/mol. The molecular weight excluding hydrogens is 144 g/mol. The Morgan fingerprint density at radius 1 is 1.18 bits per heavy atom. The van der Waals surface area contributed by atoms with Crippen LogP contribution < -0.4 is 0 Å². The quantitative estimate of drug-likeness (QED) is 0.500. The molecule has 0 saturated heterocycles. The van der Waals surface area contributed by atoms with Crippen molar-refractivity contribution in [3.8, 4) is 0 Å². The van der Waals surface area contributed by atoms with Crippen LogP contribution in [0.4, 0.5) is 0 Å². The van der Waals surface area contributed by atoms with E-state index in [2.05, 4.69) is 11.7 Å². The molecular formula is C8H15O3. The van der Waals surface area contributed by atoms with Gasteiger partial charge in [0.2, 0.25) is 0 Å². The Kier molecular flexibility index (Phi) is 8.94. The summed E-state index contributed by atoms with van der Waals surface area (Å²) in [4.78, 5) is 9.54. The normalized spacial score (nSPS) is 9.55. The molecule has 0 aliphatic heterocycles. The van der Waals surface area contributed by atoms with Gasteiger partial charge in [0.15, 0.2) is 0 Å². The summed E-state index contributed by atoms with van der Waals surface area (Å²) in [6.45, 7) is 5.04. The Hall–Kier alpha value is -0.570. The van der Waals surface area contributed by atoms with E-state index >= 15 is 0 Å². The van der Waals surface area contributed by atoms with Crippen molar-refractivity contribution in [3.05, 3.63) is 0 Å². The van der Waals surface area contributed by atoms with Gasteiger partial charge in [-0.25, -0.2) is 4.79 Å². The maximum Gasteiger partial charge on any atom is 0.417 e. The van der Waals surface area contributed by atoms with Gasteiger partial charge in [0.1, 0.15) is 6.61 Å². The molecule has 0 aromatic heterocycles. The van der Waals surface area contributed by atoms with Crippen molar-refractivity contribution < 1.29 is 14.3 Å². The first-order valence-corrected chi connectivity index (χ1v) is 3.98. The molecule has 0 aromatic carbocycles. The lowest BCUT2D eigenvalue weighted by Gasteiger charge is -2.00. The van der Waals surface area contributed by atoms with Gasteiger partial charge >= 0.3 is 6.47 Å². The molecule has 11 heavy (non-hydrogen) atoms. The van der Waals surface area contributed by atoms with E-state index < -0.39 is 0 Å². The largest absolute Gasteiger partial charge is 0.455 e. The average Bonchev–Trinajstić information content (AvgIpc) is 2.03. The average molecular weight is 159 g/mol. The van der Waals surface area contributed by atoms with Gasteiger partial charge in [-0.1, -0.05) is 19.8 Å². The monoisotopic (exact) mass is 159 g/mol. The van der Waals surface area contributed by atoms with E-state index in [-0.39, 0.29) is 0 Å². The van der Waals surface area contributed by atoms with Gasteiger partial charge < -0.3 is 9.47 Å². The van der Waals surface area contributed by atoms with E-state index in [0.717, 1.165) is 13.0 Å². The highest BCUT2D eigenvalue weighted by atomic mass is 16.5. The molecule has 0 heterocycles. The molecule has 3 nitrogen and oxygen atoms in total. The second kappa shape index (κ2) is 9.43. The summed E-state index contributed by atoms with van der Waals surface area (Å²) in [5.74, 6) is 0. The van der Waals surface area contributed by atoms with E-state index in [0.29, 0.717) is 13.2 Å². The van der Waals surface area contributed by atoms with Crippen molar-refractivity contribution in [2.45, 2.75) is 26.2 Å². The van der Waals surface area contributed by atoms with Crippen molar-refractivity contribution in [2.75, 3.05) is 19.8 Å². The zero-order valence-corrected chi connectivity index (χ0v) is 6.97. The van der Waals surface area contributed by atoms with Crippen molar-refractivity contribution in [3.63, 3.8) is 0 Å². The molecule has 0 aliphatic carbocycles. The fraction of sp³-hybridized carbons (Fsp3) is 0.875. The number of hydrogen-bond donors (Lipinski definition) is 0. The molecule has 0 unspecified atom stereocenters. The first-order chi connectivity index (χ1) is 5.41. The minimum atomic E-state index is 0.315. The van der Waals surface area contributed by atoms with Crippen LogP contribution in [0, 0.1) is 0 Å². The van der Waals surface area contributed by atoms with E-state index in [1.807, 2.05) is 0 Å². The van der Waals surface area contributed by atoms with Crippen molar-refractivity contribution in [2.24, 2.45) is 0 Å². The lowest BCUT2D eigenvalue weighted by molar-refractivity contribution is 0.0921. The fourth-order valence-corrected chi connectivity index (χ4v) is 0.698. The Balaban J connectivity index is 2.74. The maximum absolute atomic E-state index is 9.54. The Morgan fingerprint density at radius 2 is 2.00 bits per heavy atom. The van der Waals surface area contributed by atoms with Crippen molar-refractivity contribution >= 4 is 6.47 Å². The first kappa shape index (κ1) is 10.4. The minimum Gasteiger partial charge on any atom is -0.455 e. The van der Waals surface area contributed by atoms with Crippen LogP contribution >= 0.6 is 0 Å². The lowest BCUT2D eigenvalue weighted by atomic mass is 10.3. The Labute approximate surface area is 67.7 Å². The van der Waals surface area contributed by atoms with Crippen LogP contribution in [0.25, 0.3) is 0 Å². The summed E-state index contributed by atoms with van der Waals surface area (Å²) < 4.78 is 9.44. The number of ether oxygens (including phenoxy) is 2. The highest BCUT2D eigenvalue weighted by Gasteiger charge is 1.88. The first-order valence-electron chi connectivity index (χ1n) is 3.98. The molecule has 1 radical (unpaired) electrons. The third kappa shape index (κ3) is 9.43. The Morgan fingerprint density at radius 3 is 2.64 bits per heavy atom. The highest BCUT2D eigenvalue weighted by molar-refractivity contribution is 5.37. The summed E-state index contributed by atoms with van der Waals surface area (Å²) in [5.41, 5.74) is 0. The lowest BCUT2D eigenvalue weighted by Crippen LogP contribution is -2.03. The van der Waals surface area contributed by atoms with Crippen LogP contribution in [0.1, 0.15) is 26.2 Å². The molecule has 0 amide bonds. The molecule has 0 fully saturated rings. The van der Waals surface area contributed by atoms with Gasteiger partial charge in [-0.2, -0.15) is 0 Å². The molecule has 0 bridgehead atoms. The van der Waals surface area contributed by atoms with Crippen LogP contribution in [0.3, 0.4) is 0 Å². The van der Waals surface area contributed by atoms with Gasteiger partial charge in [0.05, 0.1) is 6.61 Å². The molecule has 0 aromatic rings. The minimum absolute atomic E-state index is 0.315. The second-order valence-corrected chi connectivity index (χ2v) is 2.25. The number of carbonyl (C=O) groups excluding carboxylic acids is 1. The van der Waals surface area contributed by atoms with Crippen molar-refractivity contribution in [1.82, 2.24) is 0 Å². The van der Waals surface area contributed by atoms with E-state index in [4.69, 9.17) is 4.74 Å². The molecule has 0 rings (SSSR count). The topological polar surface area (TPSA) is 35.5 Å². The molecule has 0 N–H and O–H groups in total. The number of rotatable bonds is 8. The second-order valence-electron chi connectivity index (χ2n) is 2.25. The number of unbranched alkanes of at least 4 members (excludes halogenated alkanes) is 2. The van der Waals surface area contributed by atoms with Crippen LogP contribution in [-0.4, -0.2) is 26.3 Å². The SMILES string of the molecule is CCCCCOCCO[C]=O. The van der Waals surface area contributed by atoms with Crippen LogP contribution in [0.15, 0.2) is 0 Å². The summed E-state index contributed by atoms with van der Waals surface area (Å²) in [6, 6.07) is 0. The van der Waals surface area contributed by atoms with Gasteiger partial charge in [0, 0.05) is 6.61 Å². The molecule has 65 valence electrons. The number of hydrogen-bond acceptors (Lipinski definition) is 3. The molecule has 3 heteroatoms. The summed E-state index contributed by atoms with van der Waals surface area (Å²) in [6.07, 6.45) is 3.48. The molecule has 0 aliphatic rings. The zero-order valence-electron chi connectivity index (χ0n) is 6.97. The van der Waals surface area contributed by atoms with Crippen LogP contribution in [0.5, 0.6) is 0 Å². The van der Waals surface area contributed by atoms with Gasteiger partial charge in [0.25, 0.3) is 0 Å². The molecule has 0 saturated carbocycles. The summed E-state index contributed by atoms with van der Waals surface area (Å²) >= 11 is 0. The van der Waals surface area contributed by atoms with E-state index in [1.165, 1.54) is 19.3 Å².